The highest BCUT2D eigenvalue weighted by Crippen LogP contribution is 2.37. The number of hydrogen-bond acceptors (Lipinski definition) is 4. The summed E-state index contributed by atoms with van der Waals surface area (Å²) < 4.78 is 36.0. The summed E-state index contributed by atoms with van der Waals surface area (Å²) in [6.07, 6.45) is 1.37. The Labute approximate surface area is 177 Å². The summed E-state index contributed by atoms with van der Waals surface area (Å²) in [5.41, 5.74) is -0.500. The number of pyridine rings is 1. The first-order valence-electron chi connectivity index (χ1n) is 9.93. The van der Waals surface area contributed by atoms with Gasteiger partial charge in [-0.05, 0) is 62.8 Å². The van der Waals surface area contributed by atoms with E-state index < -0.39 is 29.8 Å². The lowest BCUT2D eigenvalue weighted by atomic mass is 10.0. The van der Waals surface area contributed by atoms with E-state index in [1.807, 2.05) is 0 Å². The highest BCUT2D eigenvalue weighted by Gasteiger charge is 2.50. The predicted octanol–water partition coefficient (Wildman–Crippen LogP) is 3.36. The first kappa shape index (κ1) is 16.6. The van der Waals surface area contributed by atoms with Gasteiger partial charge >= 0.3 is 0 Å². The molecule has 2 aromatic rings. The van der Waals surface area contributed by atoms with Crippen molar-refractivity contribution in [3.8, 4) is 0 Å². The summed E-state index contributed by atoms with van der Waals surface area (Å²) in [5.74, 6) is -2.23. The van der Waals surface area contributed by atoms with Crippen molar-refractivity contribution in [2.45, 2.75) is 26.3 Å². The zero-order valence-electron chi connectivity index (χ0n) is 18.8. The van der Waals surface area contributed by atoms with Crippen LogP contribution in [-0.4, -0.2) is 34.4 Å². The first-order valence-corrected chi connectivity index (χ1v) is 8.83. The summed E-state index contributed by atoms with van der Waals surface area (Å²) >= 11 is 5.52. The second-order valence-corrected chi connectivity index (χ2v) is 7.25. The van der Waals surface area contributed by atoms with E-state index in [0.717, 1.165) is 12.1 Å². The summed E-state index contributed by atoms with van der Waals surface area (Å²) in [7, 11) is 0. The predicted molar refractivity (Wildman–Crippen MR) is 112 cm³/mol. The van der Waals surface area contributed by atoms with Gasteiger partial charge < -0.3 is 15.1 Å². The molecule has 0 bridgehead atoms. The summed E-state index contributed by atoms with van der Waals surface area (Å²) in [6.45, 7) is 9.27. The van der Waals surface area contributed by atoms with Crippen LogP contribution in [0.5, 0.6) is 0 Å². The van der Waals surface area contributed by atoms with Crippen LogP contribution < -0.4 is 15.1 Å². The Balaban J connectivity index is 2.00. The highest BCUT2D eigenvalue weighted by molar-refractivity contribution is 7.81. The molecule has 1 N–H and O–H groups in total. The van der Waals surface area contributed by atoms with Gasteiger partial charge in [-0.3, -0.25) is 14.5 Å². The van der Waals surface area contributed by atoms with Crippen LogP contribution in [0.2, 0.25) is 0 Å². The number of hydrogen-bond donors (Lipinski definition) is 1. The minimum Gasteiger partial charge on any atom is -0.360 e. The van der Waals surface area contributed by atoms with E-state index in [1.165, 1.54) is 22.1 Å². The van der Waals surface area contributed by atoms with E-state index in [-0.39, 0.29) is 22.5 Å². The number of carbonyl (C=O) groups excluding carboxylic acids is 2. The molecule has 0 unspecified atom stereocenters. The Morgan fingerprint density at radius 2 is 2.10 bits per heavy atom. The van der Waals surface area contributed by atoms with Crippen molar-refractivity contribution in [2.75, 3.05) is 16.8 Å². The number of halogens is 1. The molecule has 0 saturated carbocycles. The molecule has 29 heavy (non-hydrogen) atoms. The van der Waals surface area contributed by atoms with Crippen molar-refractivity contribution in [1.82, 2.24) is 10.3 Å². The van der Waals surface area contributed by atoms with Crippen LogP contribution >= 0.6 is 12.2 Å². The van der Waals surface area contributed by atoms with Gasteiger partial charge in [0.25, 0.3) is 17.6 Å². The van der Waals surface area contributed by atoms with Gasteiger partial charge in [-0.1, -0.05) is 6.57 Å². The molecule has 7 nitrogen and oxygen atoms in total. The maximum atomic E-state index is 14.7. The van der Waals surface area contributed by atoms with Gasteiger partial charge in [-0.25, -0.2) is 4.39 Å². The van der Waals surface area contributed by atoms with Crippen LogP contribution in [0.25, 0.3) is 4.85 Å². The van der Waals surface area contributed by atoms with E-state index in [4.69, 9.17) is 22.9 Å². The third-order valence-corrected chi connectivity index (χ3v) is 5.00. The Bertz CT molecular complexity index is 1190. The quantitative estimate of drug-likeness (QED) is 0.616. The molecular formula is C20H18FN5O2S. The number of benzene rings is 1. The number of nitrogens with one attached hydrogen (secondary N) is 1. The lowest BCUT2D eigenvalue weighted by Crippen LogP contribution is -2.44. The molecular weight excluding hydrogens is 393 g/mol. The van der Waals surface area contributed by atoms with E-state index in [1.54, 1.807) is 32.2 Å². The second kappa shape index (κ2) is 7.22. The van der Waals surface area contributed by atoms with E-state index >= 15 is 0 Å². The van der Waals surface area contributed by atoms with Crippen molar-refractivity contribution >= 4 is 46.3 Å². The minimum absolute atomic E-state index is 0.0656. The zero-order valence-corrected chi connectivity index (χ0v) is 16.6. The standard InChI is InChI=1S/C20H18FN5O2S/c1-11-8-13(10-24-16(11)22-4)25-18(28)20(2,3)26(19(25)29)12-6-7-14(15(21)9-12)17(27)23-5/h6-10H,1-3,5H3,(H,23,27)/i5D3. The normalized spacial score (nSPS) is 17.4. The number of aryl methyl sites for hydroxylation is 1. The second-order valence-electron chi connectivity index (χ2n) is 6.88. The summed E-state index contributed by atoms with van der Waals surface area (Å²) in [6, 6.07) is 5.15. The number of amides is 2. The fourth-order valence-corrected chi connectivity index (χ4v) is 3.66. The molecule has 1 aliphatic rings. The number of nitrogens with zero attached hydrogens (tertiary/aromatic N) is 4. The summed E-state index contributed by atoms with van der Waals surface area (Å²) in [4.78, 5) is 35.3. The van der Waals surface area contributed by atoms with Gasteiger partial charge in [0, 0.05) is 16.8 Å². The van der Waals surface area contributed by atoms with Crippen LogP contribution in [0.1, 0.15) is 33.9 Å². The van der Waals surface area contributed by atoms with Crippen molar-refractivity contribution in [2.24, 2.45) is 0 Å². The van der Waals surface area contributed by atoms with Crippen molar-refractivity contribution in [1.29, 1.82) is 0 Å². The van der Waals surface area contributed by atoms with Crippen LogP contribution in [-0.2, 0) is 4.79 Å². The Morgan fingerprint density at radius 3 is 2.69 bits per heavy atom. The molecule has 0 aliphatic carbocycles. The fourth-order valence-electron chi connectivity index (χ4n) is 3.14. The molecule has 2 amide bonds. The molecule has 1 saturated heterocycles. The monoisotopic (exact) mass is 414 g/mol. The summed E-state index contributed by atoms with van der Waals surface area (Å²) in [5, 5.41) is 1.80. The van der Waals surface area contributed by atoms with E-state index in [0.29, 0.717) is 11.3 Å². The molecule has 1 fully saturated rings. The molecule has 3 rings (SSSR count). The van der Waals surface area contributed by atoms with E-state index in [2.05, 4.69) is 9.83 Å². The van der Waals surface area contributed by atoms with Crippen LogP contribution in [0.3, 0.4) is 0 Å². The SMILES string of the molecule is [2H]C([2H])([2H])NC(=O)c1ccc(N2C(=S)N(c3cnc([N+]#[C-])c(C)c3)C(=O)C2(C)C)cc1F. The number of carbonyl (C=O) groups is 2. The van der Waals surface area contributed by atoms with Crippen molar-refractivity contribution in [3.63, 3.8) is 0 Å². The van der Waals surface area contributed by atoms with Gasteiger partial charge in [-0.15, -0.1) is 4.98 Å². The molecule has 0 radical (unpaired) electrons. The fraction of sp³-hybridized carbons (Fsp3) is 0.250. The van der Waals surface area contributed by atoms with Crippen LogP contribution in [0, 0.1) is 19.3 Å². The molecule has 1 aliphatic heterocycles. The molecule has 148 valence electrons. The molecule has 2 heterocycles. The topological polar surface area (TPSA) is 69.9 Å². The average molecular weight is 414 g/mol. The Kier molecular flexibility index (Phi) is 4.12. The van der Waals surface area contributed by atoms with Gasteiger partial charge in [0.15, 0.2) is 5.11 Å². The molecule has 1 aromatic heterocycles. The highest BCUT2D eigenvalue weighted by atomic mass is 32.1. The zero-order chi connectivity index (χ0) is 24.0. The third kappa shape index (κ3) is 3.21. The van der Waals surface area contributed by atoms with Crippen LogP contribution in [0.4, 0.5) is 21.6 Å². The molecule has 9 heteroatoms. The third-order valence-electron chi connectivity index (χ3n) is 4.64. The molecule has 0 atom stereocenters. The van der Waals surface area contributed by atoms with E-state index in [9.17, 15) is 14.0 Å². The minimum atomic E-state index is -2.76. The van der Waals surface area contributed by atoms with Crippen LogP contribution in [0.15, 0.2) is 30.5 Å². The Hall–Kier alpha value is -3.38. The Morgan fingerprint density at radius 1 is 1.38 bits per heavy atom. The molecule has 0 spiro atoms. The molecule has 1 aromatic carbocycles. The number of aromatic nitrogens is 1. The number of thiocarbonyl (C=S) groups is 1. The van der Waals surface area contributed by atoms with Gasteiger partial charge in [0.1, 0.15) is 17.6 Å². The first-order chi connectivity index (χ1) is 14.8. The maximum absolute atomic E-state index is 14.7. The van der Waals surface area contributed by atoms with Crippen molar-refractivity contribution < 1.29 is 18.1 Å². The smallest absolute Gasteiger partial charge is 0.272 e. The lowest BCUT2D eigenvalue weighted by Gasteiger charge is -2.29. The van der Waals surface area contributed by atoms with Gasteiger partial charge in [0.2, 0.25) is 0 Å². The maximum Gasteiger partial charge on any atom is 0.272 e. The van der Waals surface area contributed by atoms with Gasteiger partial charge in [-0.2, -0.15) is 0 Å². The van der Waals surface area contributed by atoms with Gasteiger partial charge in [0.05, 0.1) is 11.3 Å². The average Bonchev–Trinajstić information content (AvgIpc) is 2.84. The number of rotatable bonds is 3. The number of anilines is 2. The largest absolute Gasteiger partial charge is 0.360 e. The van der Waals surface area contributed by atoms with Crippen molar-refractivity contribution in [3.05, 3.63) is 58.8 Å². The lowest BCUT2D eigenvalue weighted by molar-refractivity contribution is -0.120.